The Morgan fingerprint density at radius 2 is 1.81 bits per heavy atom. The third-order valence-electron chi connectivity index (χ3n) is 6.71. The van der Waals surface area contributed by atoms with Gasteiger partial charge in [-0.05, 0) is 43.2 Å². The molecule has 2 heterocycles. The first-order chi connectivity index (χ1) is 14.9. The molecule has 170 valence electrons. The first-order valence-electron chi connectivity index (χ1n) is 11.2. The number of carbonyl (C=O) groups is 3. The zero-order valence-electron chi connectivity index (χ0n) is 18.5. The van der Waals surface area contributed by atoms with E-state index < -0.39 is 0 Å². The van der Waals surface area contributed by atoms with E-state index in [1.54, 1.807) is 13.2 Å². The van der Waals surface area contributed by atoms with E-state index in [0.29, 0.717) is 56.9 Å². The highest BCUT2D eigenvalue weighted by Crippen LogP contribution is 2.31. The van der Waals surface area contributed by atoms with Crippen LogP contribution in [0.3, 0.4) is 0 Å². The molecule has 31 heavy (non-hydrogen) atoms. The minimum absolute atomic E-state index is 0.112. The average Bonchev–Trinajstić information content (AvgIpc) is 2.79. The number of primary amides is 1. The summed E-state index contributed by atoms with van der Waals surface area (Å²) < 4.78 is 5.21. The number of nitrogens with zero attached hydrogens (tertiary/aromatic N) is 2. The third-order valence-corrected chi connectivity index (χ3v) is 6.71. The van der Waals surface area contributed by atoms with Crippen molar-refractivity contribution >= 4 is 23.5 Å². The van der Waals surface area contributed by atoms with Gasteiger partial charge in [-0.2, -0.15) is 0 Å². The van der Waals surface area contributed by atoms with Gasteiger partial charge in [-0.1, -0.05) is 19.4 Å². The van der Waals surface area contributed by atoms with Crippen LogP contribution in [-0.2, 0) is 9.59 Å². The van der Waals surface area contributed by atoms with Gasteiger partial charge < -0.3 is 25.6 Å². The lowest BCUT2D eigenvalue weighted by Gasteiger charge is -2.39. The van der Waals surface area contributed by atoms with Crippen LogP contribution in [0.4, 0.5) is 10.5 Å². The molecule has 1 aromatic rings. The van der Waals surface area contributed by atoms with Gasteiger partial charge in [0.25, 0.3) is 0 Å². The van der Waals surface area contributed by atoms with Crippen molar-refractivity contribution in [3.8, 4) is 5.75 Å². The maximum absolute atomic E-state index is 12.8. The maximum atomic E-state index is 12.8. The van der Waals surface area contributed by atoms with Crippen LogP contribution in [0.15, 0.2) is 24.3 Å². The van der Waals surface area contributed by atoms with Crippen molar-refractivity contribution < 1.29 is 19.1 Å². The molecule has 0 saturated carbocycles. The quantitative estimate of drug-likeness (QED) is 0.724. The molecule has 2 fully saturated rings. The number of hydrogen-bond acceptors (Lipinski definition) is 4. The fourth-order valence-electron chi connectivity index (χ4n) is 4.67. The number of carbonyl (C=O) groups excluding carboxylic acids is 3. The Bertz CT molecular complexity index is 792. The molecule has 8 heteroatoms. The summed E-state index contributed by atoms with van der Waals surface area (Å²) in [6.45, 7) is 4.60. The Hall–Kier alpha value is -2.77. The number of urea groups is 1. The van der Waals surface area contributed by atoms with Crippen molar-refractivity contribution in [2.24, 2.45) is 23.5 Å². The first-order valence-corrected chi connectivity index (χ1v) is 11.2. The van der Waals surface area contributed by atoms with Crippen molar-refractivity contribution in [1.82, 2.24) is 9.80 Å². The third kappa shape index (κ3) is 5.89. The van der Waals surface area contributed by atoms with E-state index in [1.807, 2.05) is 28.0 Å². The largest absolute Gasteiger partial charge is 0.497 e. The van der Waals surface area contributed by atoms with Crippen LogP contribution < -0.4 is 15.8 Å². The van der Waals surface area contributed by atoms with Gasteiger partial charge in [0, 0.05) is 50.3 Å². The summed E-state index contributed by atoms with van der Waals surface area (Å²) in [6.07, 6.45) is 3.55. The van der Waals surface area contributed by atoms with Crippen LogP contribution in [0.2, 0.25) is 0 Å². The molecule has 2 aliphatic rings. The summed E-state index contributed by atoms with van der Waals surface area (Å²) in [4.78, 5) is 40.6. The number of rotatable bonds is 6. The summed E-state index contributed by atoms with van der Waals surface area (Å²) in [7, 11) is 1.60. The smallest absolute Gasteiger partial charge is 0.321 e. The second-order valence-electron chi connectivity index (χ2n) is 8.59. The van der Waals surface area contributed by atoms with Crippen molar-refractivity contribution in [3.05, 3.63) is 24.3 Å². The van der Waals surface area contributed by atoms with E-state index >= 15 is 0 Å². The fourth-order valence-corrected chi connectivity index (χ4v) is 4.67. The molecule has 4 amide bonds. The molecule has 2 unspecified atom stereocenters. The molecule has 0 spiro atoms. The Kier molecular flexibility index (Phi) is 7.76. The molecule has 3 N–H and O–H groups in total. The summed E-state index contributed by atoms with van der Waals surface area (Å²) in [5, 5.41) is 2.95. The van der Waals surface area contributed by atoms with E-state index in [9.17, 15) is 14.4 Å². The predicted molar refractivity (Wildman–Crippen MR) is 119 cm³/mol. The van der Waals surface area contributed by atoms with Gasteiger partial charge in [0.15, 0.2) is 0 Å². The number of anilines is 1. The normalized spacial score (nSPS) is 22.1. The first kappa shape index (κ1) is 22.9. The number of methoxy groups -OCH3 is 1. The molecule has 2 aliphatic heterocycles. The van der Waals surface area contributed by atoms with Gasteiger partial charge >= 0.3 is 6.03 Å². The maximum Gasteiger partial charge on any atom is 0.321 e. The van der Waals surface area contributed by atoms with Crippen LogP contribution >= 0.6 is 0 Å². The fraction of sp³-hybridized carbons (Fsp3) is 0.609. The number of amides is 4. The van der Waals surface area contributed by atoms with E-state index in [0.717, 1.165) is 12.8 Å². The Morgan fingerprint density at radius 3 is 2.45 bits per heavy atom. The SMILES string of the molecule is CCC1CN(C(=O)Nc2cccc(OC)c2)CCC1CC(=O)N1CCC(C(N)=O)CC1. The minimum atomic E-state index is -0.266. The number of likely N-dealkylation sites (tertiary alicyclic amines) is 2. The standard InChI is InChI=1S/C23H34N4O4/c1-3-16-15-27(23(30)25-19-5-4-6-20(14-19)31-2)12-9-18(16)13-21(28)26-10-7-17(8-11-26)22(24)29/h4-6,14,16-18H,3,7-13,15H2,1-2H3,(H2,24,29)(H,25,30). The van der Waals surface area contributed by atoms with Crippen LogP contribution in [0.1, 0.15) is 39.0 Å². The van der Waals surface area contributed by atoms with Crippen LogP contribution in [0.25, 0.3) is 0 Å². The Labute approximate surface area is 184 Å². The number of hydrogen-bond donors (Lipinski definition) is 2. The van der Waals surface area contributed by atoms with Gasteiger partial charge in [-0.25, -0.2) is 4.79 Å². The van der Waals surface area contributed by atoms with Gasteiger partial charge in [0.1, 0.15) is 5.75 Å². The monoisotopic (exact) mass is 430 g/mol. The molecule has 0 aromatic heterocycles. The van der Waals surface area contributed by atoms with Crippen molar-refractivity contribution in [1.29, 1.82) is 0 Å². The topological polar surface area (TPSA) is 105 Å². The molecule has 0 radical (unpaired) electrons. The van der Waals surface area contributed by atoms with E-state index in [1.165, 1.54) is 0 Å². The lowest BCUT2D eigenvalue weighted by atomic mass is 9.81. The van der Waals surface area contributed by atoms with Crippen LogP contribution in [0, 0.1) is 17.8 Å². The van der Waals surface area contributed by atoms with Crippen molar-refractivity contribution in [3.63, 3.8) is 0 Å². The molecule has 1 aromatic carbocycles. The second-order valence-corrected chi connectivity index (χ2v) is 8.59. The highest BCUT2D eigenvalue weighted by molar-refractivity contribution is 5.89. The van der Waals surface area contributed by atoms with E-state index in [2.05, 4.69) is 12.2 Å². The van der Waals surface area contributed by atoms with E-state index in [4.69, 9.17) is 10.5 Å². The zero-order chi connectivity index (χ0) is 22.4. The van der Waals surface area contributed by atoms with Crippen molar-refractivity contribution in [2.45, 2.75) is 39.0 Å². The number of ether oxygens (including phenoxy) is 1. The molecule has 2 atom stereocenters. The molecule has 0 bridgehead atoms. The Balaban J connectivity index is 1.51. The van der Waals surface area contributed by atoms with Gasteiger partial charge in [-0.3, -0.25) is 9.59 Å². The predicted octanol–water partition coefficient (Wildman–Crippen LogP) is 2.69. The summed E-state index contributed by atoms with van der Waals surface area (Å²) in [5.74, 6) is 1.03. The number of piperidine rings is 2. The number of nitrogens with one attached hydrogen (secondary N) is 1. The highest BCUT2D eigenvalue weighted by Gasteiger charge is 2.34. The van der Waals surface area contributed by atoms with E-state index in [-0.39, 0.29) is 35.6 Å². The average molecular weight is 431 g/mol. The second kappa shape index (κ2) is 10.5. The van der Waals surface area contributed by atoms with Gasteiger partial charge in [0.05, 0.1) is 7.11 Å². The molecule has 3 rings (SSSR count). The van der Waals surface area contributed by atoms with Gasteiger partial charge in [0.2, 0.25) is 11.8 Å². The van der Waals surface area contributed by atoms with Gasteiger partial charge in [-0.15, -0.1) is 0 Å². The molecule has 0 aliphatic carbocycles. The molecule has 2 saturated heterocycles. The summed E-state index contributed by atoms with van der Waals surface area (Å²) >= 11 is 0. The zero-order valence-corrected chi connectivity index (χ0v) is 18.5. The molecular formula is C23H34N4O4. The lowest BCUT2D eigenvalue weighted by molar-refractivity contribution is -0.136. The number of nitrogens with two attached hydrogens (primary N) is 1. The summed E-state index contributed by atoms with van der Waals surface area (Å²) in [5.41, 5.74) is 6.09. The van der Waals surface area contributed by atoms with Crippen LogP contribution in [0.5, 0.6) is 5.75 Å². The molecule has 8 nitrogen and oxygen atoms in total. The summed E-state index contributed by atoms with van der Waals surface area (Å²) in [6, 6.07) is 7.19. The Morgan fingerprint density at radius 1 is 1.10 bits per heavy atom. The highest BCUT2D eigenvalue weighted by atomic mass is 16.5. The minimum Gasteiger partial charge on any atom is -0.497 e. The van der Waals surface area contributed by atoms with Crippen molar-refractivity contribution in [2.75, 3.05) is 38.6 Å². The molecular weight excluding hydrogens is 396 g/mol. The van der Waals surface area contributed by atoms with Crippen LogP contribution in [-0.4, -0.2) is 60.9 Å². The lowest BCUT2D eigenvalue weighted by Crippen LogP contribution is -2.47. The number of benzene rings is 1.